The number of aromatic nitrogens is 2. The number of rotatable bonds is 5. The van der Waals surface area contributed by atoms with E-state index in [0.29, 0.717) is 34.3 Å². The van der Waals surface area contributed by atoms with E-state index in [1.165, 1.54) is 12.3 Å². The fourth-order valence-electron chi connectivity index (χ4n) is 2.16. The number of aryl methyl sites for hydroxylation is 1. The van der Waals surface area contributed by atoms with Crippen LogP contribution in [-0.4, -0.2) is 30.0 Å². The predicted octanol–water partition coefficient (Wildman–Crippen LogP) is 3.67. The topological polar surface area (TPSA) is 52.0 Å². The van der Waals surface area contributed by atoms with Crippen LogP contribution < -0.4 is 0 Å². The van der Waals surface area contributed by atoms with Crippen LogP contribution in [0.25, 0.3) is 11.0 Å². The summed E-state index contributed by atoms with van der Waals surface area (Å²) in [4.78, 5) is 4.41. The van der Waals surface area contributed by atoms with Gasteiger partial charge in [0.05, 0.1) is 26.6 Å². The second kappa shape index (κ2) is 6.22. The molecule has 1 aromatic heterocycles. The molecule has 0 aliphatic carbocycles. The zero-order valence-corrected chi connectivity index (χ0v) is 14.8. The van der Waals surface area contributed by atoms with Crippen molar-refractivity contribution in [3.8, 4) is 0 Å². The lowest BCUT2D eigenvalue weighted by Gasteiger charge is -2.10. The summed E-state index contributed by atoms with van der Waals surface area (Å²) in [6, 6.07) is 2.98. The number of imidazole rings is 1. The normalized spacial score (nSPS) is 13.8. The van der Waals surface area contributed by atoms with Gasteiger partial charge in [0.25, 0.3) is 0 Å². The van der Waals surface area contributed by atoms with Crippen LogP contribution in [0.1, 0.15) is 24.5 Å². The lowest BCUT2D eigenvalue weighted by Crippen LogP contribution is -2.10. The van der Waals surface area contributed by atoms with Gasteiger partial charge >= 0.3 is 0 Å². The first-order chi connectivity index (χ1) is 9.69. The smallest absolute Gasteiger partial charge is 0.147 e. The summed E-state index contributed by atoms with van der Waals surface area (Å²) in [6.45, 7) is 2.21. The van der Waals surface area contributed by atoms with E-state index in [2.05, 4.69) is 20.9 Å². The van der Waals surface area contributed by atoms with Crippen molar-refractivity contribution in [2.45, 2.75) is 25.3 Å². The van der Waals surface area contributed by atoms with Crippen molar-refractivity contribution < 1.29 is 12.8 Å². The molecule has 116 valence electrons. The zero-order valence-electron chi connectivity index (χ0n) is 11.6. The predicted molar refractivity (Wildman–Crippen MR) is 86.0 cm³/mol. The Labute approximate surface area is 136 Å². The van der Waals surface area contributed by atoms with Crippen LogP contribution in [0.15, 0.2) is 16.6 Å². The van der Waals surface area contributed by atoms with Crippen molar-refractivity contribution in [2.24, 2.45) is 0 Å². The van der Waals surface area contributed by atoms with Crippen LogP contribution in [0.5, 0.6) is 0 Å². The summed E-state index contributed by atoms with van der Waals surface area (Å²) in [5.74, 6) is 0.292. The fraction of sp³-hybridized carbons (Fsp3) is 0.462. The fourth-order valence-corrected chi connectivity index (χ4v) is 3.31. The molecule has 0 N–H and O–H groups in total. The van der Waals surface area contributed by atoms with Crippen molar-refractivity contribution in [2.75, 3.05) is 12.0 Å². The van der Waals surface area contributed by atoms with E-state index >= 15 is 0 Å². The summed E-state index contributed by atoms with van der Waals surface area (Å²) in [7, 11) is -3.03. The van der Waals surface area contributed by atoms with Crippen LogP contribution in [0, 0.1) is 5.82 Å². The molecule has 0 saturated carbocycles. The van der Waals surface area contributed by atoms with Gasteiger partial charge in [-0.1, -0.05) is 0 Å². The highest BCUT2D eigenvalue weighted by Gasteiger charge is 2.17. The largest absolute Gasteiger partial charge is 0.327 e. The molecule has 21 heavy (non-hydrogen) atoms. The molecular weight excluding hydrogens is 383 g/mol. The maximum absolute atomic E-state index is 13.7. The van der Waals surface area contributed by atoms with Gasteiger partial charge in [-0.3, -0.25) is 0 Å². The van der Waals surface area contributed by atoms with Crippen molar-refractivity contribution >= 4 is 48.4 Å². The number of hydrogen-bond donors (Lipinski definition) is 0. The second-order valence-electron chi connectivity index (χ2n) is 4.98. The highest BCUT2D eigenvalue weighted by atomic mass is 79.9. The Balaban J connectivity index is 2.43. The number of sulfone groups is 1. The first-order valence-electron chi connectivity index (χ1n) is 6.36. The third-order valence-electron chi connectivity index (χ3n) is 3.07. The summed E-state index contributed by atoms with van der Waals surface area (Å²) in [5, 5.41) is -0.350. The van der Waals surface area contributed by atoms with Crippen molar-refractivity contribution in [1.29, 1.82) is 0 Å². The van der Waals surface area contributed by atoms with Gasteiger partial charge in [0.2, 0.25) is 0 Å². The molecule has 0 saturated heterocycles. The van der Waals surface area contributed by atoms with E-state index in [9.17, 15) is 12.8 Å². The molecule has 8 heteroatoms. The third-order valence-corrected chi connectivity index (χ3v) is 4.91. The molecule has 1 unspecified atom stereocenters. The van der Waals surface area contributed by atoms with Gasteiger partial charge in [-0.05, 0) is 35.3 Å². The van der Waals surface area contributed by atoms with E-state index in [1.54, 1.807) is 17.6 Å². The Morgan fingerprint density at radius 1 is 1.48 bits per heavy atom. The number of benzene rings is 1. The maximum Gasteiger partial charge on any atom is 0.147 e. The Kier molecular flexibility index (Phi) is 4.95. The van der Waals surface area contributed by atoms with Crippen LogP contribution in [0.2, 0.25) is 0 Å². The molecule has 0 aliphatic rings. The minimum Gasteiger partial charge on any atom is -0.327 e. The SMILES string of the molecule is CC(Cl)c1nc2cc(Br)c(F)cc2n1CCCS(C)(=O)=O. The summed E-state index contributed by atoms with van der Waals surface area (Å²) in [5.41, 5.74) is 1.25. The standard InChI is InChI=1S/C13H15BrClFN2O2S/c1-8(15)13-17-11-6-9(14)10(16)7-12(11)18(13)4-3-5-21(2,19)20/h6-8H,3-5H2,1-2H3. The lowest BCUT2D eigenvalue weighted by molar-refractivity contribution is 0.589. The Morgan fingerprint density at radius 2 is 2.14 bits per heavy atom. The molecule has 1 heterocycles. The number of alkyl halides is 1. The Morgan fingerprint density at radius 3 is 2.71 bits per heavy atom. The average Bonchev–Trinajstić information content (AvgIpc) is 2.67. The minimum atomic E-state index is -3.03. The maximum atomic E-state index is 13.7. The van der Waals surface area contributed by atoms with E-state index in [1.807, 2.05) is 0 Å². The Bertz CT molecular complexity index is 774. The van der Waals surface area contributed by atoms with Gasteiger partial charge in [0.15, 0.2) is 0 Å². The van der Waals surface area contributed by atoms with Gasteiger partial charge in [0, 0.05) is 18.9 Å². The van der Waals surface area contributed by atoms with Gasteiger partial charge < -0.3 is 4.57 Å². The molecule has 4 nitrogen and oxygen atoms in total. The second-order valence-corrected chi connectivity index (χ2v) is 8.74. The van der Waals surface area contributed by atoms with E-state index in [0.717, 1.165) is 0 Å². The molecule has 0 spiro atoms. The molecule has 1 atom stereocenters. The summed E-state index contributed by atoms with van der Waals surface area (Å²) in [6.07, 6.45) is 1.62. The number of fused-ring (bicyclic) bond motifs is 1. The number of hydrogen-bond acceptors (Lipinski definition) is 3. The van der Waals surface area contributed by atoms with Crippen LogP contribution in [-0.2, 0) is 16.4 Å². The molecule has 0 amide bonds. The van der Waals surface area contributed by atoms with Gasteiger partial charge in [0.1, 0.15) is 21.5 Å². The van der Waals surface area contributed by atoms with E-state index in [-0.39, 0.29) is 16.9 Å². The molecule has 2 aromatic rings. The molecule has 1 aromatic carbocycles. The van der Waals surface area contributed by atoms with Crippen molar-refractivity contribution in [3.05, 3.63) is 28.2 Å². The van der Waals surface area contributed by atoms with E-state index < -0.39 is 9.84 Å². The minimum absolute atomic E-state index is 0.0712. The average molecular weight is 398 g/mol. The van der Waals surface area contributed by atoms with Crippen molar-refractivity contribution in [3.63, 3.8) is 0 Å². The van der Waals surface area contributed by atoms with Gasteiger partial charge in [-0.2, -0.15) is 0 Å². The molecular formula is C13H15BrClFN2O2S. The third kappa shape index (κ3) is 3.96. The highest BCUT2D eigenvalue weighted by Crippen LogP contribution is 2.28. The monoisotopic (exact) mass is 396 g/mol. The molecule has 0 bridgehead atoms. The molecule has 0 aliphatic heterocycles. The zero-order chi connectivity index (χ0) is 15.8. The van der Waals surface area contributed by atoms with Crippen LogP contribution in [0.4, 0.5) is 4.39 Å². The van der Waals surface area contributed by atoms with Crippen molar-refractivity contribution in [1.82, 2.24) is 9.55 Å². The molecule has 0 fully saturated rings. The highest BCUT2D eigenvalue weighted by molar-refractivity contribution is 9.10. The first-order valence-corrected chi connectivity index (χ1v) is 9.65. The lowest BCUT2D eigenvalue weighted by atomic mass is 10.3. The van der Waals surface area contributed by atoms with Gasteiger partial charge in [-0.25, -0.2) is 17.8 Å². The number of nitrogens with zero attached hydrogens (tertiary/aromatic N) is 2. The molecule has 2 rings (SSSR count). The number of halogens is 3. The van der Waals surface area contributed by atoms with E-state index in [4.69, 9.17) is 11.6 Å². The Hall–Kier alpha value is -0.660. The van der Waals surface area contributed by atoms with Crippen LogP contribution in [0.3, 0.4) is 0 Å². The molecule has 0 radical (unpaired) electrons. The van der Waals surface area contributed by atoms with Crippen LogP contribution >= 0.6 is 27.5 Å². The summed E-state index contributed by atoms with van der Waals surface area (Å²) >= 11 is 9.25. The first kappa shape index (κ1) is 16.7. The van der Waals surface area contributed by atoms with Gasteiger partial charge in [-0.15, -0.1) is 11.6 Å². The quantitative estimate of drug-likeness (QED) is 0.723. The summed E-state index contributed by atoms with van der Waals surface area (Å²) < 4.78 is 38.3.